The van der Waals surface area contributed by atoms with E-state index in [1.807, 2.05) is 0 Å². The van der Waals surface area contributed by atoms with Crippen LogP contribution in [-0.2, 0) is 0 Å². The van der Waals surface area contributed by atoms with Gasteiger partial charge < -0.3 is 9.84 Å². The first kappa shape index (κ1) is 10.6. The molecule has 1 atom stereocenters. The van der Waals surface area contributed by atoms with Gasteiger partial charge in [0.1, 0.15) is 5.75 Å². The molecular weight excluding hydrogens is 211 g/mol. The van der Waals surface area contributed by atoms with Crippen molar-refractivity contribution < 1.29 is 9.84 Å². The van der Waals surface area contributed by atoms with E-state index < -0.39 is 6.10 Å². The first-order valence-corrected chi connectivity index (χ1v) is 4.53. The topological polar surface area (TPSA) is 29.5 Å². The molecule has 0 fully saturated rings. The molecule has 0 aliphatic heterocycles. The Morgan fingerprint density at radius 2 is 1.92 bits per heavy atom. The van der Waals surface area contributed by atoms with Crippen molar-refractivity contribution >= 4 is 23.2 Å². The Labute approximate surface area is 87.0 Å². The lowest BCUT2D eigenvalue weighted by Crippen LogP contribution is -1.94. The highest BCUT2D eigenvalue weighted by molar-refractivity contribution is 6.34. The molecule has 1 N–H and O–H groups in total. The molecule has 13 heavy (non-hydrogen) atoms. The van der Waals surface area contributed by atoms with E-state index in [1.54, 1.807) is 19.1 Å². The Hall–Kier alpha value is -0.440. The lowest BCUT2D eigenvalue weighted by Gasteiger charge is -2.10. The first-order chi connectivity index (χ1) is 6.06. The van der Waals surface area contributed by atoms with Gasteiger partial charge in [-0.3, -0.25) is 0 Å². The zero-order valence-electron chi connectivity index (χ0n) is 7.34. The minimum absolute atomic E-state index is 0.447. The molecule has 1 aromatic rings. The van der Waals surface area contributed by atoms with Gasteiger partial charge in [-0.15, -0.1) is 0 Å². The molecule has 0 aromatic heterocycles. The normalized spacial score (nSPS) is 12.7. The van der Waals surface area contributed by atoms with Crippen LogP contribution >= 0.6 is 23.2 Å². The Kier molecular flexibility index (Phi) is 3.42. The highest BCUT2D eigenvalue weighted by atomic mass is 35.5. The summed E-state index contributed by atoms with van der Waals surface area (Å²) in [5.74, 6) is 0.510. The third kappa shape index (κ3) is 2.27. The molecule has 0 aliphatic rings. The van der Waals surface area contributed by atoms with Gasteiger partial charge >= 0.3 is 0 Å². The molecule has 0 unspecified atom stereocenters. The van der Waals surface area contributed by atoms with Crippen LogP contribution in [0.15, 0.2) is 12.1 Å². The summed E-state index contributed by atoms with van der Waals surface area (Å²) in [6, 6.07) is 3.19. The number of rotatable bonds is 2. The van der Waals surface area contributed by atoms with E-state index in [1.165, 1.54) is 7.11 Å². The highest BCUT2D eigenvalue weighted by Gasteiger charge is 2.10. The van der Waals surface area contributed by atoms with Gasteiger partial charge in [0.2, 0.25) is 0 Å². The molecule has 0 saturated heterocycles. The largest absolute Gasteiger partial charge is 0.495 e. The molecule has 0 bridgehead atoms. The van der Waals surface area contributed by atoms with Crippen molar-refractivity contribution in [2.24, 2.45) is 0 Å². The molecule has 0 radical (unpaired) electrons. The Morgan fingerprint density at radius 3 is 2.38 bits per heavy atom. The Bertz CT molecular complexity index is 311. The Morgan fingerprint density at radius 1 is 1.31 bits per heavy atom. The van der Waals surface area contributed by atoms with E-state index in [-0.39, 0.29) is 0 Å². The summed E-state index contributed by atoms with van der Waals surface area (Å²) < 4.78 is 4.96. The smallest absolute Gasteiger partial charge is 0.138 e. The van der Waals surface area contributed by atoms with Crippen molar-refractivity contribution in [3.8, 4) is 5.75 Å². The minimum atomic E-state index is -0.629. The predicted octanol–water partition coefficient (Wildman–Crippen LogP) is 3.06. The second-order valence-corrected chi connectivity index (χ2v) is 3.50. The number of methoxy groups -OCH3 is 1. The number of benzene rings is 1. The summed E-state index contributed by atoms with van der Waals surface area (Å²) in [5.41, 5.74) is 0.604. The quantitative estimate of drug-likeness (QED) is 0.831. The average Bonchev–Trinajstić information content (AvgIpc) is 2.07. The van der Waals surface area contributed by atoms with Crippen LogP contribution in [-0.4, -0.2) is 12.2 Å². The summed E-state index contributed by atoms with van der Waals surface area (Å²) in [6.45, 7) is 1.63. The molecule has 0 heterocycles. The van der Waals surface area contributed by atoms with Gasteiger partial charge in [-0.25, -0.2) is 0 Å². The minimum Gasteiger partial charge on any atom is -0.495 e. The van der Waals surface area contributed by atoms with Crippen LogP contribution in [0.5, 0.6) is 5.75 Å². The van der Waals surface area contributed by atoms with Gasteiger partial charge in [-0.1, -0.05) is 23.2 Å². The van der Waals surface area contributed by atoms with Crippen molar-refractivity contribution in [1.29, 1.82) is 0 Å². The van der Waals surface area contributed by atoms with Crippen LogP contribution in [0.4, 0.5) is 0 Å². The second-order valence-electron chi connectivity index (χ2n) is 2.68. The van der Waals surface area contributed by atoms with Gasteiger partial charge in [0.25, 0.3) is 0 Å². The fraction of sp³-hybridized carbons (Fsp3) is 0.333. The van der Waals surface area contributed by atoms with Crippen molar-refractivity contribution in [1.82, 2.24) is 0 Å². The standard InChI is InChI=1S/C9H10Cl2O2/c1-5(12)6-3-8(11)9(13-2)4-7(6)10/h3-5,12H,1-2H3/t5-/m1/s1. The van der Waals surface area contributed by atoms with Crippen LogP contribution in [0.25, 0.3) is 0 Å². The van der Waals surface area contributed by atoms with Crippen molar-refractivity contribution in [3.05, 3.63) is 27.7 Å². The van der Waals surface area contributed by atoms with E-state index in [2.05, 4.69) is 0 Å². The second kappa shape index (κ2) is 4.18. The van der Waals surface area contributed by atoms with Crippen molar-refractivity contribution in [2.75, 3.05) is 7.11 Å². The number of hydrogen-bond donors (Lipinski definition) is 1. The van der Waals surface area contributed by atoms with E-state index >= 15 is 0 Å². The molecule has 2 nitrogen and oxygen atoms in total. The molecule has 0 spiro atoms. The SMILES string of the molecule is COc1cc(Cl)c([C@@H](C)O)cc1Cl. The predicted molar refractivity (Wildman–Crippen MR) is 53.6 cm³/mol. The van der Waals surface area contributed by atoms with Crippen LogP contribution in [0.2, 0.25) is 10.0 Å². The summed E-state index contributed by atoms with van der Waals surface area (Å²) in [7, 11) is 1.51. The van der Waals surface area contributed by atoms with Crippen LogP contribution in [0.3, 0.4) is 0 Å². The van der Waals surface area contributed by atoms with Crippen LogP contribution < -0.4 is 4.74 Å². The summed E-state index contributed by atoms with van der Waals surface area (Å²) in [6.07, 6.45) is -0.629. The maximum Gasteiger partial charge on any atom is 0.138 e. The van der Waals surface area contributed by atoms with Crippen LogP contribution in [0, 0.1) is 0 Å². The molecule has 4 heteroatoms. The monoisotopic (exact) mass is 220 g/mol. The average molecular weight is 221 g/mol. The van der Waals surface area contributed by atoms with Crippen molar-refractivity contribution in [2.45, 2.75) is 13.0 Å². The molecule has 72 valence electrons. The summed E-state index contributed by atoms with van der Waals surface area (Å²) in [4.78, 5) is 0. The van der Waals surface area contributed by atoms with Crippen LogP contribution in [0.1, 0.15) is 18.6 Å². The highest BCUT2D eigenvalue weighted by Crippen LogP contribution is 2.33. The number of ether oxygens (including phenoxy) is 1. The molecule has 0 saturated carbocycles. The maximum absolute atomic E-state index is 9.31. The third-order valence-electron chi connectivity index (χ3n) is 1.72. The van der Waals surface area contributed by atoms with Gasteiger partial charge in [-0.05, 0) is 13.0 Å². The fourth-order valence-corrected chi connectivity index (χ4v) is 1.58. The fourth-order valence-electron chi connectivity index (χ4n) is 1.02. The van der Waals surface area contributed by atoms with E-state index in [0.29, 0.717) is 21.4 Å². The molecule has 1 aromatic carbocycles. The zero-order chi connectivity index (χ0) is 10.0. The van der Waals surface area contributed by atoms with E-state index in [9.17, 15) is 5.11 Å². The first-order valence-electron chi connectivity index (χ1n) is 3.77. The van der Waals surface area contributed by atoms with Gasteiger partial charge in [0.05, 0.1) is 23.3 Å². The van der Waals surface area contributed by atoms with Gasteiger partial charge in [0.15, 0.2) is 0 Å². The third-order valence-corrected chi connectivity index (χ3v) is 2.34. The maximum atomic E-state index is 9.31. The summed E-state index contributed by atoms with van der Waals surface area (Å²) >= 11 is 11.7. The van der Waals surface area contributed by atoms with E-state index in [0.717, 1.165) is 0 Å². The molecule has 0 aliphatic carbocycles. The zero-order valence-corrected chi connectivity index (χ0v) is 8.86. The number of halogens is 2. The Balaban J connectivity index is 3.20. The number of hydrogen-bond acceptors (Lipinski definition) is 2. The number of aliphatic hydroxyl groups is 1. The molecule has 1 rings (SSSR count). The van der Waals surface area contributed by atoms with Gasteiger partial charge in [0, 0.05) is 11.6 Å². The van der Waals surface area contributed by atoms with Gasteiger partial charge in [-0.2, -0.15) is 0 Å². The lowest BCUT2D eigenvalue weighted by molar-refractivity contribution is 0.199. The van der Waals surface area contributed by atoms with E-state index in [4.69, 9.17) is 27.9 Å². The number of aliphatic hydroxyl groups excluding tert-OH is 1. The molecular formula is C9H10Cl2O2. The summed E-state index contributed by atoms with van der Waals surface area (Å²) in [5, 5.41) is 10.2. The van der Waals surface area contributed by atoms with Crippen molar-refractivity contribution in [3.63, 3.8) is 0 Å². The molecule has 0 amide bonds. The lowest BCUT2D eigenvalue weighted by atomic mass is 10.1.